The number of anilines is 3. The SMILES string of the molecule is COCCNc1cc(N2CCN(c3cccc(C)c3)CC2)ncn1. The van der Waals surface area contributed by atoms with Crippen molar-refractivity contribution < 1.29 is 4.74 Å². The van der Waals surface area contributed by atoms with Gasteiger partial charge in [-0.25, -0.2) is 9.97 Å². The smallest absolute Gasteiger partial charge is 0.134 e. The second-order valence-electron chi connectivity index (χ2n) is 5.99. The van der Waals surface area contributed by atoms with Gasteiger partial charge in [-0.2, -0.15) is 0 Å². The fourth-order valence-electron chi connectivity index (χ4n) is 2.92. The molecule has 1 aromatic heterocycles. The van der Waals surface area contributed by atoms with Crippen molar-refractivity contribution in [2.75, 3.05) is 61.6 Å². The van der Waals surface area contributed by atoms with E-state index in [1.54, 1.807) is 13.4 Å². The van der Waals surface area contributed by atoms with Crippen molar-refractivity contribution in [3.8, 4) is 0 Å². The van der Waals surface area contributed by atoms with Crippen LogP contribution in [0.3, 0.4) is 0 Å². The first-order chi connectivity index (χ1) is 11.8. The van der Waals surface area contributed by atoms with Gasteiger partial charge in [-0.15, -0.1) is 0 Å². The van der Waals surface area contributed by atoms with Gasteiger partial charge in [0.25, 0.3) is 0 Å². The molecule has 0 unspecified atom stereocenters. The molecule has 1 N–H and O–H groups in total. The molecule has 0 spiro atoms. The monoisotopic (exact) mass is 327 g/mol. The molecule has 3 rings (SSSR count). The van der Waals surface area contributed by atoms with Crippen LogP contribution in [-0.2, 0) is 4.74 Å². The van der Waals surface area contributed by atoms with E-state index in [2.05, 4.69) is 56.3 Å². The Hall–Kier alpha value is -2.34. The van der Waals surface area contributed by atoms with Crippen LogP contribution in [0.4, 0.5) is 17.3 Å². The molecule has 0 saturated carbocycles. The highest BCUT2D eigenvalue weighted by Crippen LogP contribution is 2.21. The number of hydrogen-bond donors (Lipinski definition) is 1. The molecule has 1 fully saturated rings. The van der Waals surface area contributed by atoms with Crippen LogP contribution in [0.1, 0.15) is 5.56 Å². The maximum absolute atomic E-state index is 5.05. The van der Waals surface area contributed by atoms with Crippen molar-refractivity contribution in [2.24, 2.45) is 0 Å². The van der Waals surface area contributed by atoms with Crippen LogP contribution in [0.5, 0.6) is 0 Å². The summed E-state index contributed by atoms with van der Waals surface area (Å²) in [5.74, 6) is 1.83. The molecule has 1 aliphatic heterocycles. The van der Waals surface area contributed by atoms with Gasteiger partial charge in [0.05, 0.1) is 6.61 Å². The lowest BCUT2D eigenvalue weighted by Crippen LogP contribution is -2.46. The first-order valence-electron chi connectivity index (χ1n) is 8.37. The summed E-state index contributed by atoms with van der Waals surface area (Å²) >= 11 is 0. The van der Waals surface area contributed by atoms with E-state index in [9.17, 15) is 0 Å². The fourth-order valence-corrected chi connectivity index (χ4v) is 2.92. The predicted octanol–water partition coefficient (Wildman–Crippen LogP) is 2.17. The van der Waals surface area contributed by atoms with Crippen LogP contribution in [0.15, 0.2) is 36.7 Å². The van der Waals surface area contributed by atoms with Gasteiger partial charge in [0, 0.05) is 51.6 Å². The van der Waals surface area contributed by atoms with Gasteiger partial charge in [-0.1, -0.05) is 12.1 Å². The quantitative estimate of drug-likeness (QED) is 0.821. The Bertz CT molecular complexity index is 655. The summed E-state index contributed by atoms with van der Waals surface area (Å²) in [5, 5.41) is 3.25. The largest absolute Gasteiger partial charge is 0.383 e. The number of nitrogens with zero attached hydrogens (tertiary/aromatic N) is 4. The Morgan fingerprint density at radius 3 is 2.62 bits per heavy atom. The first-order valence-corrected chi connectivity index (χ1v) is 8.37. The van der Waals surface area contributed by atoms with Gasteiger partial charge in [0.2, 0.25) is 0 Å². The molecule has 0 radical (unpaired) electrons. The molecule has 24 heavy (non-hydrogen) atoms. The third kappa shape index (κ3) is 4.14. The average molecular weight is 327 g/mol. The van der Waals surface area contributed by atoms with Gasteiger partial charge in [0.15, 0.2) is 0 Å². The zero-order chi connectivity index (χ0) is 16.8. The molecule has 0 bridgehead atoms. The van der Waals surface area contributed by atoms with E-state index >= 15 is 0 Å². The molecule has 2 aromatic rings. The highest BCUT2D eigenvalue weighted by molar-refractivity contribution is 5.53. The Labute approximate surface area is 143 Å². The topological polar surface area (TPSA) is 53.5 Å². The van der Waals surface area contributed by atoms with Gasteiger partial charge in [-0.3, -0.25) is 0 Å². The van der Waals surface area contributed by atoms with E-state index in [4.69, 9.17) is 4.74 Å². The fraction of sp³-hybridized carbons (Fsp3) is 0.444. The number of methoxy groups -OCH3 is 1. The third-order valence-corrected chi connectivity index (χ3v) is 4.24. The van der Waals surface area contributed by atoms with Crippen molar-refractivity contribution >= 4 is 17.3 Å². The summed E-state index contributed by atoms with van der Waals surface area (Å²) in [7, 11) is 1.70. The lowest BCUT2D eigenvalue weighted by Gasteiger charge is -2.36. The van der Waals surface area contributed by atoms with Gasteiger partial charge in [-0.05, 0) is 24.6 Å². The van der Waals surface area contributed by atoms with Gasteiger partial charge < -0.3 is 19.9 Å². The maximum Gasteiger partial charge on any atom is 0.134 e. The molecule has 128 valence electrons. The number of aromatic nitrogens is 2. The minimum Gasteiger partial charge on any atom is -0.383 e. The Morgan fingerprint density at radius 1 is 1.08 bits per heavy atom. The average Bonchev–Trinajstić information content (AvgIpc) is 2.62. The van der Waals surface area contributed by atoms with Gasteiger partial charge >= 0.3 is 0 Å². The second-order valence-corrected chi connectivity index (χ2v) is 5.99. The zero-order valence-electron chi connectivity index (χ0n) is 14.4. The Morgan fingerprint density at radius 2 is 1.88 bits per heavy atom. The first kappa shape index (κ1) is 16.5. The molecular weight excluding hydrogens is 302 g/mol. The molecule has 1 saturated heterocycles. The van der Waals surface area contributed by atoms with Crippen molar-refractivity contribution in [3.05, 3.63) is 42.2 Å². The van der Waals surface area contributed by atoms with E-state index in [1.807, 2.05) is 6.07 Å². The van der Waals surface area contributed by atoms with E-state index < -0.39 is 0 Å². The summed E-state index contributed by atoms with van der Waals surface area (Å²) in [6.07, 6.45) is 1.62. The lowest BCUT2D eigenvalue weighted by atomic mass is 10.2. The second kappa shape index (κ2) is 7.97. The molecule has 0 aliphatic carbocycles. The van der Waals surface area contributed by atoms with Crippen LogP contribution in [0, 0.1) is 6.92 Å². The predicted molar refractivity (Wildman–Crippen MR) is 98.0 cm³/mol. The molecular formula is C18H25N5O. The number of nitrogens with one attached hydrogen (secondary N) is 1. The Balaban J connectivity index is 1.59. The molecule has 2 heterocycles. The molecule has 6 heteroatoms. The normalized spacial score (nSPS) is 14.8. The summed E-state index contributed by atoms with van der Waals surface area (Å²) in [6.45, 7) is 7.46. The summed E-state index contributed by atoms with van der Waals surface area (Å²) in [4.78, 5) is 13.4. The number of piperazine rings is 1. The van der Waals surface area contributed by atoms with Crippen molar-refractivity contribution in [1.29, 1.82) is 0 Å². The maximum atomic E-state index is 5.05. The lowest BCUT2D eigenvalue weighted by molar-refractivity contribution is 0.210. The standard InChI is InChI=1S/C18H25N5O/c1-15-4-3-5-16(12-15)22-7-9-23(10-8-22)18-13-17(20-14-21-18)19-6-11-24-2/h3-5,12-14H,6-11H2,1-2H3,(H,19,20,21). The molecule has 6 nitrogen and oxygen atoms in total. The number of ether oxygens (including phenoxy) is 1. The van der Waals surface area contributed by atoms with E-state index in [0.717, 1.165) is 44.4 Å². The molecule has 1 aliphatic rings. The molecule has 0 amide bonds. The van der Waals surface area contributed by atoms with Crippen molar-refractivity contribution in [3.63, 3.8) is 0 Å². The highest BCUT2D eigenvalue weighted by atomic mass is 16.5. The molecule has 1 aromatic carbocycles. The minimum atomic E-state index is 0.661. The zero-order valence-corrected chi connectivity index (χ0v) is 14.4. The van der Waals surface area contributed by atoms with E-state index in [1.165, 1.54) is 11.3 Å². The van der Waals surface area contributed by atoms with E-state index in [0.29, 0.717) is 6.61 Å². The minimum absolute atomic E-state index is 0.661. The summed E-state index contributed by atoms with van der Waals surface area (Å²) in [6, 6.07) is 10.7. The number of benzene rings is 1. The van der Waals surface area contributed by atoms with Gasteiger partial charge in [0.1, 0.15) is 18.0 Å². The van der Waals surface area contributed by atoms with E-state index in [-0.39, 0.29) is 0 Å². The third-order valence-electron chi connectivity index (χ3n) is 4.24. The molecule has 0 atom stereocenters. The van der Waals surface area contributed by atoms with Crippen LogP contribution in [-0.4, -0.2) is 56.4 Å². The van der Waals surface area contributed by atoms with Crippen LogP contribution in [0.25, 0.3) is 0 Å². The highest BCUT2D eigenvalue weighted by Gasteiger charge is 2.18. The number of rotatable bonds is 6. The summed E-state index contributed by atoms with van der Waals surface area (Å²) < 4.78 is 5.05. The van der Waals surface area contributed by atoms with Crippen LogP contribution >= 0.6 is 0 Å². The Kier molecular flexibility index (Phi) is 5.48. The van der Waals surface area contributed by atoms with Crippen molar-refractivity contribution in [1.82, 2.24) is 9.97 Å². The number of hydrogen-bond acceptors (Lipinski definition) is 6. The number of aryl methyl sites for hydroxylation is 1. The van der Waals surface area contributed by atoms with Crippen molar-refractivity contribution in [2.45, 2.75) is 6.92 Å². The van der Waals surface area contributed by atoms with Crippen LogP contribution < -0.4 is 15.1 Å². The summed E-state index contributed by atoms with van der Waals surface area (Å²) in [5.41, 5.74) is 2.61. The van der Waals surface area contributed by atoms with Crippen LogP contribution in [0.2, 0.25) is 0 Å².